The molecule has 0 spiro atoms. The van der Waals surface area contributed by atoms with Gasteiger partial charge in [-0.15, -0.1) is 0 Å². The molecule has 1 amide bonds. The molecular weight excluding hydrogens is 403 g/mol. The number of nitrogens with zero attached hydrogens (tertiary/aromatic N) is 3. The molecule has 3 N–H and O–H groups in total. The highest BCUT2D eigenvalue weighted by Gasteiger charge is 2.48. The van der Waals surface area contributed by atoms with Gasteiger partial charge in [-0.2, -0.15) is 0 Å². The number of hydrogen-bond acceptors (Lipinski definition) is 7. The van der Waals surface area contributed by atoms with E-state index in [2.05, 4.69) is 20.6 Å². The third kappa shape index (κ3) is 4.06. The number of carbonyl (C=O) groups is 1. The number of sulfonamides is 1. The third-order valence-corrected chi connectivity index (χ3v) is 6.91. The summed E-state index contributed by atoms with van der Waals surface area (Å²) in [4.78, 5) is 20.3. The van der Waals surface area contributed by atoms with Crippen LogP contribution in [-0.4, -0.2) is 60.0 Å². The lowest BCUT2D eigenvalue weighted by Crippen LogP contribution is -2.66. The van der Waals surface area contributed by atoms with E-state index in [0.29, 0.717) is 5.70 Å². The van der Waals surface area contributed by atoms with E-state index in [0.717, 1.165) is 4.31 Å². The zero-order valence-corrected chi connectivity index (χ0v) is 16.9. The summed E-state index contributed by atoms with van der Waals surface area (Å²) in [5, 5.41) is 13.3. The number of allylic oxidation sites excluding steroid dienone is 3. The van der Waals surface area contributed by atoms with Crippen LogP contribution in [0.1, 0.15) is 23.8 Å². The average molecular weight is 424 g/mol. The molecule has 1 aliphatic carbocycles. The van der Waals surface area contributed by atoms with Gasteiger partial charge < -0.3 is 15.4 Å². The zero-order valence-electron chi connectivity index (χ0n) is 16.1. The summed E-state index contributed by atoms with van der Waals surface area (Å²) >= 11 is 0. The number of aromatic nitrogens is 2. The second kappa shape index (κ2) is 7.43. The van der Waals surface area contributed by atoms with E-state index in [-0.39, 0.29) is 24.0 Å². The number of rotatable bonds is 4. The van der Waals surface area contributed by atoms with Crippen molar-refractivity contribution in [1.29, 1.82) is 5.41 Å². The highest BCUT2D eigenvalue weighted by molar-refractivity contribution is 7.89. The average Bonchev–Trinajstić information content (AvgIpc) is 2.67. The van der Waals surface area contributed by atoms with Crippen LogP contribution in [0.2, 0.25) is 0 Å². The van der Waals surface area contributed by atoms with Gasteiger partial charge in [0.1, 0.15) is 11.5 Å². The Hall–Kier alpha value is -3.02. The first-order valence-electron chi connectivity index (χ1n) is 8.63. The molecular formula is C17H21FN6O4S. The Balaban J connectivity index is 1.77. The minimum absolute atomic E-state index is 0.0354. The monoisotopic (exact) mass is 424 g/mol. The van der Waals surface area contributed by atoms with E-state index in [1.165, 1.54) is 38.7 Å². The van der Waals surface area contributed by atoms with Crippen LogP contribution in [0.4, 0.5) is 4.39 Å². The summed E-state index contributed by atoms with van der Waals surface area (Å²) in [5.74, 6) is -2.43. The summed E-state index contributed by atoms with van der Waals surface area (Å²) in [7, 11) is -1.08. The Morgan fingerprint density at radius 1 is 1.41 bits per heavy atom. The van der Waals surface area contributed by atoms with Crippen LogP contribution in [0.3, 0.4) is 0 Å². The van der Waals surface area contributed by atoms with Crippen molar-refractivity contribution in [2.45, 2.75) is 18.9 Å². The minimum Gasteiger partial charge on any atom is -0.480 e. The Morgan fingerprint density at radius 2 is 2.14 bits per heavy atom. The van der Waals surface area contributed by atoms with Crippen LogP contribution in [0.15, 0.2) is 36.1 Å². The molecule has 0 aromatic carbocycles. The van der Waals surface area contributed by atoms with Crippen molar-refractivity contribution >= 4 is 21.9 Å². The minimum atomic E-state index is -3.77. The van der Waals surface area contributed by atoms with Crippen LogP contribution < -0.4 is 15.4 Å². The fourth-order valence-corrected chi connectivity index (χ4v) is 4.79. The lowest BCUT2D eigenvalue weighted by molar-refractivity contribution is 0.0956. The molecule has 3 rings (SSSR count). The second-order valence-electron chi connectivity index (χ2n) is 7.01. The SMILES string of the molecule is COc1cnc(C(=O)NC2=CC=C(F)C([C@]3(C)CS(=O)(=O)N(C)C(=N)N3)C2)cn1. The number of hydrogen-bond donors (Lipinski definition) is 3. The smallest absolute Gasteiger partial charge is 0.275 e. The van der Waals surface area contributed by atoms with Gasteiger partial charge in [0.2, 0.25) is 21.9 Å². The lowest BCUT2D eigenvalue weighted by atomic mass is 9.80. The lowest BCUT2D eigenvalue weighted by Gasteiger charge is -2.44. The van der Waals surface area contributed by atoms with Gasteiger partial charge in [0.15, 0.2) is 0 Å². The number of guanidine groups is 1. The van der Waals surface area contributed by atoms with Gasteiger partial charge in [0.05, 0.1) is 30.8 Å². The number of halogens is 1. The summed E-state index contributed by atoms with van der Waals surface area (Å²) in [5.41, 5.74) is -0.816. The first-order valence-corrected chi connectivity index (χ1v) is 10.2. The molecule has 12 heteroatoms. The van der Waals surface area contributed by atoms with Gasteiger partial charge in [-0.1, -0.05) is 0 Å². The molecule has 1 aromatic heterocycles. The predicted molar refractivity (Wildman–Crippen MR) is 102 cm³/mol. The maximum absolute atomic E-state index is 14.6. The van der Waals surface area contributed by atoms with Crippen LogP contribution in [0.5, 0.6) is 5.88 Å². The molecule has 0 saturated carbocycles. The Labute approximate surface area is 167 Å². The van der Waals surface area contributed by atoms with Gasteiger partial charge >= 0.3 is 0 Å². The van der Waals surface area contributed by atoms with Gasteiger partial charge in [-0.05, 0) is 25.5 Å². The molecule has 0 bridgehead atoms. The Morgan fingerprint density at radius 3 is 2.72 bits per heavy atom. The molecule has 1 aromatic rings. The fourth-order valence-electron chi connectivity index (χ4n) is 3.24. The van der Waals surface area contributed by atoms with Crippen LogP contribution in [0, 0.1) is 11.3 Å². The van der Waals surface area contributed by atoms with E-state index in [1.54, 1.807) is 6.92 Å². The van der Waals surface area contributed by atoms with Crippen molar-refractivity contribution in [1.82, 2.24) is 24.9 Å². The molecule has 29 heavy (non-hydrogen) atoms. The number of ether oxygens (including phenoxy) is 1. The molecule has 0 radical (unpaired) electrons. The van der Waals surface area contributed by atoms with Crippen LogP contribution in [0.25, 0.3) is 0 Å². The van der Waals surface area contributed by atoms with E-state index in [9.17, 15) is 17.6 Å². The van der Waals surface area contributed by atoms with E-state index in [1.807, 2.05) is 0 Å². The fraction of sp³-hybridized carbons (Fsp3) is 0.412. The van der Waals surface area contributed by atoms with Crippen molar-refractivity contribution < 1.29 is 22.3 Å². The molecule has 1 saturated heterocycles. The molecule has 2 aliphatic rings. The summed E-state index contributed by atoms with van der Waals surface area (Å²) in [6.45, 7) is 1.55. The van der Waals surface area contributed by atoms with Crippen molar-refractivity contribution in [3.63, 3.8) is 0 Å². The van der Waals surface area contributed by atoms with E-state index >= 15 is 0 Å². The quantitative estimate of drug-likeness (QED) is 0.641. The molecule has 1 unspecified atom stereocenters. The first-order chi connectivity index (χ1) is 13.6. The maximum atomic E-state index is 14.6. The van der Waals surface area contributed by atoms with Gasteiger partial charge in [-0.3, -0.25) is 10.2 Å². The molecule has 10 nitrogen and oxygen atoms in total. The Kier molecular flexibility index (Phi) is 5.30. The largest absolute Gasteiger partial charge is 0.480 e. The van der Waals surface area contributed by atoms with Crippen molar-refractivity contribution in [2.24, 2.45) is 5.92 Å². The zero-order chi connectivity index (χ0) is 21.4. The third-order valence-electron chi connectivity index (χ3n) is 4.93. The van der Waals surface area contributed by atoms with E-state index in [4.69, 9.17) is 10.1 Å². The number of nitrogens with one attached hydrogen (secondary N) is 3. The summed E-state index contributed by atoms with van der Waals surface area (Å²) < 4.78 is 45.0. The Bertz CT molecular complexity index is 1010. The second-order valence-corrected chi connectivity index (χ2v) is 9.01. The van der Waals surface area contributed by atoms with Gasteiger partial charge in [-0.25, -0.2) is 27.1 Å². The number of amides is 1. The van der Waals surface area contributed by atoms with Gasteiger partial charge in [0, 0.05) is 18.7 Å². The number of methoxy groups -OCH3 is 1. The maximum Gasteiger partial charge on any atom is 0.275 e. The van der Waals surface area contributed by atoms with Crippen LogP contribution in [-0.2, 0) is 10.0 Å². The van der Waals surface area contributed by atoms with Crippen molar-refractivity contribution in [3.05, 3.63) is 41.8 Å². The number of carbonyl (C=O) groups excluding carboxylic acids is 1. The molecule has 1 fully saturated rings. The standard InChI is InChI=1S/C17H21FN6O4S/c1-17(9-29(26,27)24(2)16(19)23-17)11-6-10(4-5-12(11)18)22-15(25)13-7-21-14(28-3)8-20-13/h4-5,7-8,11H,6,9H2,1-3H3,(H2,19,23)(H,22,25)/t11?,17-/m0/s1. The van der Waals surface area contributed by atoms with Crippen LogP contribution >= 0.6 is 0 Å². The van der Waals surface area contributed by atoms with Crippen molar-refractivity contribution in [2.75, 3.05) is 19.9 Å². The molecule has 1 aliphatic heterocycles. The first kappa shape index (κ1) is 20.7. The normalized spacial score (nSPS) is 26.1. The highest BCUT2D eigenvalue weighted by Crippen LogP contribution is 2.37. The predicted octanol–water partition coefficient (Wildman–Crippen LogP) is 0.530. The molecule has 156 valence electrons. The summed E-state index contributed by atoms with van der Waals surface area (Å²) in [6, 6.07) is 0. The topological polar surface area (TPSA) is 137 Å². The molecule has 2 heterocycles. The van der Waals surface area contributed by atoms with Crippen molar-refractivity contribution in [3.8, 4) is 5.88 Å². The van der Waals surface area contributed by atoms with E-state index < -0.39 is 39.0 Å². The molecule has 2 atom stereocenters. The summed E-state index contributed by atoms with van der Waals surface area (Å²) in [6.07, 6.45) is 5.18. The van der Waals surface area contributed by atoms with Gasteiger partial charge in [0.25, 0.3) is 5.91 Å². The highest BCUT2D eigenvalue weighted by atomic mass is 32.2.